The number of aliphatic hydroxyl groups is 1. The molecule has 0 spiro atoms. The van der Waals surface area contributed by atoms with Crippen LogP contribution in [0.5, 0.6) is 11.5 Å². The minimum absolute atomic E-state index is 0.0968. The van der Waals surface area contributed by atoms with Crippen LogP contribution in [0.25, 0.3) is 5.69 Å². The summed E-state index contributed by atoms with van der Waals surface area (Å²) < 4.78 is 12.9. The van der Waals surface area contributed by atoms with Gasteiger partial charge in [0.15, 0.2) is 10.9 Å². The van der Waals surface area contributed by atoms with Crippen LogP contribution in [0, 0.1) is 0 Å². The van der Waals surface area contributed by atoms with Crippen molar-refractivity contribution in [3.63, 3.8) is 0 Å². The molecule has 0 aliphatic rings. The van der Waals surface area contributed by atoms with Crippen LogP contribution in [0.4, 0.5) is 0 Å². The highest BCUT2D eigenvalue weighted by Gasteiger charge is 2.12. The number of carbonyl (C=O) groups excluding carboxylic acids is 1. The first-order valence-electron chi connectivity index (χ1n) is 9.35. The van der Waals surface area contributed by atoms with Crippen LogP contribution in [0.1, 0.15) is 23.7 Å². The molecule has 0 amide bonds. The Kier molecular flexibility index (Phi) is 7.32. The van der Waals surface area contributed by atoms with Gasteiger partial charge in [-0.2, -0.15) is 0 Å². The zero-order valence-corrected chi connectivity index (χ0v) is 17.3. The zero-order chi connectivity index (χ0) is 20.6. The van der Waals surface area contributed by atoms with Crippen LogP contribution >= 0.6 is 11.8 Å². The summed E-state index contributed by atoms with van der Waals surface area (Å²) in [4.78, 5) is 16.0. The van der Waals surface area contributed by atoms with Crippen molar-refractivity contribution in [2.24, 2.45) is 0 Å². The summed E-state index contributed by atoms with van der Waals surface area (Å²) in [6.07, 6.45) is 3.41. The number of thioether (sulfide) groups is 1. The second-order valence-electron chi connectivity index (χ2n) is 6.36. The summed E-state index contributed by atoms with van der Waals surface area (Å²) in [7, 11) is 1.63. The van der Waals surface area contributed by atoms with E-state index in [4.69, 9.17) is 9.47 Å². The van der Waals surface area contributed by atoms with Crippen LogP contribution in [0.2, 0.25) is 0 Å². The molecule has 29 heavy (non-hydrogen) atoms. The fraction of sp³-hybridized carbons (Fsp3) is 0.273. The third-order valence-corrected chi connectivity index (χ3v) is 5.39. The number of rotatable bonds is 10. The molecule has 1 aromatic heterocycles. The summed E-state index contributed by atoms with van der Waals surface area (Å²) >= 11 is 1.45. The van der Waals surface area contributed by atoms with E-state index in [1.807, 2.05) is 42.0 Å². The molecule has 7 heteroatoms. The van der Waals surface area contributed by atoms with E-state index >= 15 is 0 Å². The topological polar surface area (TPSA) is 73.6 Å². The Morgan fingerprint density at radius 2 is 2.00 bits per heavy atom. The normalized spacial score (nSPS) is 11.8. The molecule has 0 bridgehead atoms. The van der Waals surface area contributed by atoms with Gasteiger partial charge in [0.25, 0.3) is 0 Å². The second kappa shape index (κ2) is 10.1. The molecule has 1 unspecified atom stereocenters. The van der Waals surface area contributed by atoms with Crippen LogP contribution in [-0.2, 0) is 0 Å². The Labute approximate surface area is 174 Å². The van der Waals surface area contributed by atoms with Crippen molar-refractivity contribution in [1.82, 2.24) is 9.55 Å². The molecule has 2 aromatic carbocycles. The van der Waals surface area contributed by atoms with Gasteiger partial charge in [-0.25, -0.2) is 4.98 Å². The number of benzene rings is 2. The lowest BCUT2D eigenvalue weighted by atomic mass is 10.1. The smallest absolute Gasteiger partial charge is 0.172 e. The number of Topliss-reactive ketones (excluding diaryl/α,β-unsaturated/α-hetero) is 1. The molecular weight excluding hydrogens is 388 g/mol. The molecule has 0 aliphatic carbocycles. The Morgan fingerprint density at radius 1 is 1.21 bits per heavy atom. The van der Waals surface area contributed by atoms with Gasteiger partial charge in [-0.3, -0.25) is 9.36 Å². The van der Waals surface area contributed by atoms with Gasteiger partial charge in [0.05, 0.1) is 18.9 Å². The molecule has 152 valence electrons. The number of carbonyl (C=O) groups is 1. The fourth-order valence-corrected chi connectivity index (χ4v) is 3.58. The van der Waals surface area contributed by atoms with Gasteiger partial charge in [0.2, 0.25) is 0 Å². The Hall–Kier alpha value is -2.77. The van der Waals surface area contributed by atoms with Crippen molar-refractivity contribution in [2.75, 3.05) is 19.5 Å². The Morgan fingerprint density at radius 3 is 2.72 bits per heavy atom. The molecule has 0 fully saturated rings. The van der Waals surface area contributed by atoms with E-state index in [1.165, 1.54) is 11.8 Å². The molecule has 3 rings (SSSR count). The van der Waals surface area contributed by atoms with Crippen molar-refractivity contribution in [1.29, 1.82) is 0 Å². The quantitative estimate of drug-likeness (QED) is 0.401. The lowest BCUT2D eigenvalue weighted by Gasteiger charge is -2.13. The standard InChI is InChI=1S/C22H24N2O4S/c1-3-21(26)16-7-9-19(10-8-16)28-14-18(25)15-29-22-23-11-12-24(22)17-5-4-6-20(13-17)27-2/h4-13,18,25H,3,14-15H2,1-2H3. The van der Waals surface area contributed by atoms with E-state index in [9.17, 15) is 9.90 Å². The second-order valence-corrected chi connectivity index (χ2v) is 7.35. The van der Waals surface area contributed by atoms with Crippen LogP contribution in [0.15, 0.2) is 66.1 Å². The molecule has 1 atom stereocenters. The number of hydrogen-bond donors (Lipinski definition) is 1. The van der Waals surface area contributed by atoms with Crippen LogP contribution in [0.3, 0.4) is 0 Å². The molecule has 0 saturated carbocycles. The van der Waals surface area contributed by atoms with Gasteiger partial charge >= 0.3 is 0 Å². The molecule has 3 aromatic rings. The molecule has 0 radical (unpaired) electrons. The summed E-state index contributed by atoms with van der Waals surface area (Å²) in [5.41, 5.74) is 1.61. The van der Waals surface area contributed by atoms with E-state index < -0.39 is 6.10 Å². The van der Waals surface area contributed by atoms with Gasteiger partial charge in [-0.05, 0) is 36.4 Å². The van der Waals surface area contributed by atoms with Gasteiger partial charge < -0.3 is 14.6 Å². The first-order valence-corrected chi connectivity index (χ1v) is 10.3. The van der Waals surface area contributed by atoms with Crippen molar-refractivity contribution in [3.8, 4) is 17.2 Å². The minimum Gasteiger partial charge on any atom is -0.497 e. The van der Waals surface area contributed by atoms with E-state index in [2.05, 4.69) is 4.98 Å². The first-order chi connectivity index (χ1) is 14.1. The van der Waals surface area contributed by atoms with Crippen molar-refractivity contribution >= 4 is 17.5 Å². The molecule has 1 heterocycles. The maximum atomic E-state index is 11.7. The molecular formula is C22H24N2O4S. The predicted molar refractivity (Wildman–Crippen MR) is 113 cm³/mol. The molecule has 1 N–H and O–H groups in total. The number of nitrogens with zero attached hydrogens (tertiary/aromatic N) is 2. The lowest BCUT2D eigenvalue weighted by Crippen LogP contribution is -2.20. The summed E-state index contributed by atoms with van der Waals surface area (Å²) in [5.74, 6) is 1.93. The maximum absolute atomic E-state index is 11.7. The largest absolute Gasteiger partial charge is 0.497 e. The van der Waals surface area contributed by atoms with Gasteiger partial charge in [0.1, 0.15) is 18.1 Å². The van der Waals surface area contributed by atoms with E-state index in [0.717, 1.165) is 16.6 Å². The zero-order valence-electron chi connectivity index (χ0n) is 16.4. The summed E-state index contributed by atoms with van der Waals surface area (Å²) in [5, 5.41) is 11.1. The number of hydrogen-bond acceptors (Lipinski definition) is 6. The Balaban J connectivity index is 1.53. The minimum atomic E-state index is -0.660. The highest BCUT2D eigenvalue weighted by atomic mass is 32.2. The van der Waals surface area contributed by atoms with Crippen molar-refractivity contribution in [3.05, 3.63) is 66.5 Å². The number of aliphatic hydroxyl groups excluding tert-OH is 1. The lowest BCUT2D eigenvalue weighted by molar-refractivity contribution is 0.0987. The average Bonchev–Trinajstić information content (AvgIpc) is 3.24. The molecule has 6 nitrogen and oxygen atoms in total. The van der Waals surface area contributed by atoms with E-state index in [0.29, 0.717) is 23.5 Å². The SMILES string of the molecule is CCC(=O)c1ccc(OCC(O)CSc2nccn2-c2cccc(OC)c2)cc1. The highest BCUT2D eigenvalue weighted by molar-refractivity contribution is 7.99. The van der Waals surface area contributed by atoms with Crippen molar-refractivity contribution in [2.45, 2.75) is 24.6 Å². The monoisotopic (exact) mass is 412 g/mol. The maximum Gasteiger partial charge on any atom is 0.172 e. The third-order valence-electron chi connectivity index (χ3n) is 4.28. The predicted octanol–water partition coefficient (Wildman–Crippen LogP) is 4.01. The van der Waals surface area contributed by atoms with Gasteiger partial charge in [-0.1, -0.05) is 24.8 Å². The summed E-state index contributed by atoms with van der Waals surface area (Å²) in [6.45, 7) is 1.99. The number of ketones is 1. The molecule has 0 saturated heterocycles. The third kappa shape index (κ3) is 5.62. The van der Waals surface area contributed by atoms with Crippen molar-refractivity contribution < 1.29 is 19.4 Å². The number of ether oxygens (including phenoxy) is 2. The number of methoxy groups -OCH3 is 1. The van der Waals surface area contributed by atoms with E-state index in [-0.39, 0.29) is 12.4 Å². The molecule has 0 aliphatic heterocycles. The van der Waals surface area contributed by atoms with Crippen LogP contribution in [-0.4, -0.2) is 46.0 Å². The number of aromatic nitrogens is 2. The Bertz CT molecular complexity index is 940. The number of imidazole rings is 1. The average molecular weight is 413 g/mol. The van der Waals surface area contributed by atoms with E-state index in [1.54, 1.807) is 37.6 Å². The first kappa shape index (κ1) is 21.0. The van der Waals surface area contributed by atoms with Crippen LogP contribution < -0.4 is 9.47 Å². The highest BCUT2D eigenvalue weighted by Crippen LogP contribution is 2.24. The fourth-order valence-electron chi connectivity index (χ4n) is 2.71. The van der Waals surface area contributed by atoms with Gasteiger partial charge in [-0.15, -0.1) is 0 Å². The van der Waals surface area contributed by atoms with Gasteiger partial charge in [0, 0.05) is 36.2 Å². The summed E-state index contributed by atoms with van der Waals surface area (Å²) in [6, 6.07) is 14.7.